The van der Waals surface area contributed by atoms with E-state index in [1.165, 1.54) is 17.8 Å². The zero-order valence-corrected chi connectivity index (χ0v) is 21.8. The summed E-state index contributed by atoms with van der Waals surface area (Å²) in [6.07, 6.45) is -3.76. The van der Waals surface area contributed by atoms with E-state index in [1.807, 2.05) is 25.1 Å². The van der Waals surface area contributed by atoms with E-state index in [9.17, 15) is 18.0 Å². The van der Waals surface area contributed by atoms with Crippen LogP contribution in [0.5, 0.6) is 17.4 Å². The lowest BCUT2D eigenvalue weighted by Gasteiger charge is -2.24. The Morgan fingerprint density at radius 1 is 1.13 bits per heavy atom. The molecule has 2 aromatic carbocycles. The van der Waals surface area contributed by atoms with Gasteiger partial charge in [-0.1, -0.05) is 23.6 Å². The van der Waals surface area contributed by atoms with Crippen molar-refractivity contribution >= 4 is 17.7 Å². The van der Waals surface area contributed by atoms with Crippen molar-refractivity contribution in [2.24, 2.45) is 0 Å². The van der Waals surface area contributed by atoms with Gasteiger partial charge in [-0.05, 0) is 55.0 Å². The van der Waals surface area contributed by atoms with Gasteiger partial charge in [0.25, 0.3) is 0 Å². The minimum Gasteiger partial charge on any atom is -0.482 e. The molecule has 0 aliphatic carbocycles. The summed E-state index contributed by atoms with van der Waals surface area (Å²) < 4.78 is 55.2. The predicted molar refractivity (Wildman–Crippen MR) is 138 cm³/mol. The lowest BCUT2D eigenvalue weighted by atomic mass is 10.2. The van der Waals surface area contributed by atoms with Gasteiger partial charge >= 0.3 is 12.1 Å². The molecule has 0 amide bonds. The van der Waals surface area contributed by atoms with E-state index in [4.69, 9.17) is 19.3 Å². The molecule has 1 N–H and O–H groups in total. The van der Waals surface area contributed by atoms with Gasteiger partial charge in [-0.2, -0.15) is 13.2 Å². The Labute approximate surface area is 227 Å². The molecule has 1 saturated heterocycles. The maximum Gasteiger partial charge on any atom is 0.417 e. The largest absolute Gasteiger partial charge is 0.482 e. The van der Waals surface area contributed by atoms with Crippen LogP contribution in [0.2, 0.25) is 0 Å². The average Bonchev–Trinajstić information content (AvgIpc) is 2.88. The van der Waals surface area contributed by atoms with E-state index >= 15 is 0 Å². The van der Waals surface area contributed by atoms with Crippen LogP contribution in [0.3, 0.4) is 0 Å². The smallest absolute Gasteiger partial charge is 0.417 e. The molecule has 39 heavy (non-hydrogen) atoms. The molecule has 0 spiro atoms. The van der Waals surface area contributed by atoms with Crippen molar-refractivity contribution in [1.82, 2.24) is 9.88 Å². The number of hydrogen-bond acceptors (Lipinski definition) is 7. The SMILES string of the molecule is Cc1cc(Sc2cc(C#CCN3CCOCC3)cc(Oc3ccc(C(F)(F)F)cn3)c2)ccc1OCC(=O)O. The van der Waals surface area contributed by atoms with E-state index in [2.05, 4.69) is 21.7 Å². The number of hydrogen-bond donors (Lipinski definition) is 1. The number of carboxylic acid groups (broad SMARTS) is 1. The number of aryl methyl sites for hydroxylation is 1. The summed E-state index contributed by atoms with van der Waals surface area (Å²) >= 11 is 1.43. The van der Waals surface area contributed by atoms with Gasteiger partial charge in [0.05, 0.1) is 25.3 Å². The highest BCUT2D eigenvalue weighted by molar-refractivity contribution is 7.99. The Balaban J connectivity index is 1.56. The van der Waals surface area contributed by atoms with Gasteiger partial charge in [-0.3, -0.25) is 4.90 Å². The molecule has 2 heterocycles. The van der Waals surface area contributed by atoms with Crippen LogP contribution < -0.4 is 9.47 Å². The van der Waals surface area contributed by atoms with Crippen molar-refractivity contribution in [2.75, 3.05) is 39.5 Å². The molecule has 3 aromatic rings. The first-order valence-electron chi connectivity index (χ1n) is 11.9. The number of pyridine rings is 1. The van der Waals surface area contributed by atoms with E-state index in [1.54, 1.807) is 18.2 Å². The van der Waals surface area contributed by atoms with Gasteiger partial charge in [0.2, 0.25) is 5.88 Å². The van der Waals surface area contributed by atoms with Gasteiger partial charge in [-0.15, -0.1) is 0 Å². The molecule has 1 aliphatic heterocycles. The van der Waals surface area contributed by atoms with Gasteiger partial charge in [-0.25, -0.2) is 9.78 Å². The summed E-state index contributed by atoms with van der Waals surface area (Å²) in [6, 6.07) is 12.8. The van der Waals surface area contributed by atoms with E-state index in [-0.39, 0.29) is 5.88 Å². The number of nitrogens with zero attached hydrogens (tertiary/aromatic N) is 2. The third-order valence-electron chi connectivity index (χ3n) is 5.54. The number of benzene rings is 2. The molecule has 11 heteroatoms. The number of morpholine rings is 1. The van der Waals surface area contributed by atoms with Crippen LogP contribution in [0.15, 0.2) is 64.5 Å². The van der Waals surface area contributed by atoms with Crippen molar-refractivity contribution in [1.29, 1.82) is 0 Å². The molecular formula is C28H25F3N2O5S. The molecule has 204 valence electrons. The fourth-order valence-electron chi connectivity index (χ4n) is 3.63. The van der Waals surface area contributed by atoms with Gasteiger partial charge in [0, 0.05) is 40.7 Å². The second kappa shape index (κ2) is 12.9. The second-order valence-corrected chi connectivity index (χ2v) is 9.73. The average molecular weight is 559 g/mol. The van der Waals surface area contributed by atoms with E-state index in [0.29, 0.717) is 36.8 Å². The van der Waals surface area contributed by atoms with Crippen molar-refractivity contribution in [2.45, 2.75) is 22.9 Å². The zero-order valence-electron chi connectivity index (χ0n) is 21.0. The lowest BCUT2D eigenvalue weighted by Crippen LogP contribution is -2.36. The molecule has 7 nitrogen and oxygen atoms in total. The highest BCUT2D eigenvalue weighted by atomic mass is 32.2. The number of aromatic nitrogens is 1. The normalized spacial score (nSPS) is 13.8. The van der Waals surface area contributed by atoms with Crippen LogP contribution in [0.25, 0.3) is 0 Å². The van der Waals surface area contributed by atoms with E-state index in [0.717, 1.165) is 40.7 Å². The van der Waals surface area contributed by atoms with Gasteiger partial charge < -0.3 is 19.3 Å². The topological polar surface area (TPSA) is 81.1 Å². The quantitative estimate of drug-likeness (QED) is 0.363. The number of carbonyl (C=O) groups is 1. The van der Waals surface area contributed by atoms with Crippen molar-refractivity contribution in [3.63, 3.8) is 0 Å². The molecule has 1 aliphatic rings. The standard InChI is InChI=1S/C28H25F3N2O5S/c1-19-13-23(5-6-25(19)37-18-27(34)35)39-24-15-20(3-2-8-33-9-11-36-12-10-33)14-22(16-24)38-26-7-4-21(17-32-26)28(29,30)31/h4-7,13-17H,8-12,18H2,1H3,(H,34,35). The van der Waals surface area contributed by atoms with Crippen LogP contribution in [-0.2, 0) is 15.7 Å². The highest BCUT2D eigenvalue weighted by Gasteiger charge is 2.30. The second-order valence-electron chi connectivity index (χ2n) is 8.58. The summed E-state index contributed by atoms with van der Waals surface area (Å²) in [7, 11) is 0. The molecule has 0 atom stereocenters. The maximum absolute atomic E-state index is 12.9. The van der Waals surface area contributed by atoms with Crippen LogP contribution in [0, 0.1) is 18.8 Å². The first-order valence-corrected chi connectivity index (χ1v) is 12.8. The Kier molecular flexibility index (Phi) is 9.35. The fraction of sp³-hybridized carbons (Fsp3) is 0.286. The summed E-state index contributed by atoms with van der Waals surface area (Å²) in [5, 5.41) is 8.84. The van der Waals surface area contributed by atoms with Crippen LogP contribution in [-0.4, -0.2) is 60.4 Å². The number of aliphatic carboxylic acids is 1. The third-order valence-corrected chi connectivity index (χ3v) is 6.50. The molecule has 0 radical (unpaired) electrons. The maximum atomic E-state index is 12.9. The fourth-order valence-corrected chi connectivity index (χ4v) is 4.63. The minimum absolute atomic E-state index is 0.0214. The molecule has 1 fully saturated rings. The Bertz CT molecular complexity index is 1360. The summed E-state index contributed by atoms with van der Waals surface area (Å²) in [6.45, 7) is 4.93. The highest BCUT2D eigenvalue weighted by Crippen LogP contribution is 2.35. The minimum atomic E-state index is -4.49. The number of ether oxygens (including phenoxy) is 3. The van der Waals surface area contributed by atoms with E-state index < -0.39 is 24.3 Å². The summed E-state index contributed by atoms with van der Waals surface area (Å²) in [5.74, 6) is 6.13. The van der Waals surface area contributed by atoms with Gasteiger partial charge in [0.1, 0.15) is 11.5 Å². The Morgan fingerprint density at radius 3 is 2.59 bits per heavy atom. The lowest BCUT2D eigenvalue weighted by molar-refractivity contribution is -0.139. The Hall–Kier alpha value is -3.72. The van der Waals surface area contributed by atoms with Crippen molar-refractivity contribution < 1.29 is 37.3 Å². The van der Waals surface area contributed by atoms with Crippen LogP contribution >= 0.6 is 11.8 Å². The van der Waals surface area contributed by atoms with Gasteiger partial charge in [0.15, 0.2) is 6.61 Å². The number of alkyl halides is 3. The first kappa shape index (κ1) is 28.3. The molecule has 4 rings (SSSR count). The molecule has 0 bridgehead atoms. The number of halogens is 3. The molecule has 0 unspecified atom stereocenters. The third kappa shape index (κ3) is 8.64. The summed E-state index contributed by atoms with van der Waals surface area (Å²) in [4.78, 5) is 18.4. The number of rotatable bonds is 8. The molecular weight excluding hydrogens is 533 g/mol. The Morgan fingerprint density at radius 2 is 1.92 bits per heavy atom. The predicted octanol–water partition coefficient (Wildman–Crippen LogP) is 5.50. The van der Waals surface area contributed by atoms with Crippen molar-refractivity contribution in [3.8, 4) is 29.2 Å². The first-order chi connectivity index (χ1) is 18.7. The van der Waals surface area contributed by atoms with Crippen LogP contribution in [0.4, 0.5) is 13.2 Å². The number of carboxylic acids is 1. The monoisotopic (exact) mass is 558 g/mol. The molecule has 0 saturated carbocycles. The zero-order chi connectivity index (χ0) is 27.8. The van der Waals surface area contributed by atoms with Crippen LogP contribution in [0.1, 0.15) is 16.7 Å². The molecule has 1 aromatic heterocycles. The van der Waals surface area contributed by atoms with Crippen molar-refractivity contribution in [3.05, 3.63) is 71.4 Å². The summed E-state index contributed by atoms with van der Waals surface area (Å²) in [5.41, 5.74) is 0.585.